The molecule has 0 amide bonds. The second-order valence-electron chi connectivity index (χ2n) is 3.70. The van der Waals surface area contributed by atoms with Crippen molar-refractivity contribution >= 4 is 17.6 Å². The number of rotatable bonds is 3. The highest BCUT2D eigenvalue weighted by Crippen LogP contribution is 2.38. The fourth-order valence-corrected chi connectivity index (χ4v) is 2.04. The molecule has 16 heavy (non-hydrogen) atoms. The van der Waals surface area contributed by atoms with Gasteiger partial charge in [0.15, 0.2) is 5.29 Å². The van der Waals surface area contributed by atoms with E-state index in [1.165, 1.54) is 6.92 Å². The minimum atomic E-state index is -0.731. The predicted molar refractivity (Wildman–Crippen MR) is 61.7 cm³/mol. The highest BCUT2D eigenvalue weighted by Gasteiger charge is 2.30. The van der Waals surface area contributed by atoms with Gasteiger partial charge in [0.25, 0.3) is 0 Å². The van der Waals surface area contributed by atoms with E-state index in [9.17, 15) is 9.18 Å². The molecule has 88 valence electrons. The summed E-state index contributed by atoms with van der Waals surface area (Å²) in [5, 5.41) is -0.731. The molecule has 0 aromatic carbocycles. The smallest absolute Gasteiger partial charge is 0.303 e. The van der Waals surface area contributed by atoms with Crippen LogP contribution in [0.2, 0.25) is 0 Å². The molecule has 2 nitrogen and oxygen atoms in total. The van der Waals surface area contributed by atoms with Gasteiger partial charge in [0, 0.05) is 18.9 Å². The van der Waals surface area contributed by atoms with E-state index in [-0.39, 0.29) is 5.97 Å². The van der Waals surface area contributed by atoms with Crippen molar-refractivity contribution in [3.63, 3.8) is 0 Å². The van der Waals surface area contributed by atoms with Gasteiger partial charge in [-0.3, -0.25) is 4.79 Å². The Balaban J connectivity index is 3.02. The second-order valence-corrected chi connectivity index (χ2v) is 4.03. The van der Waals surface area contributed by atoms with E-state index in [2.05, 4.69) is 6.58 Å². The van der Waals surface area contributed by atoms with Gasteiger partial charge in [-0.25, -0.2) is 0 Å². The minimum absolute atomic E-state index is 0.309. The average molecular weight is 245 g/mol. The lowest BCUT2D eigenvalue weighted by Crippen LogP contribution is -2.14. The molecule has 0 saturated heterocycles. The van der Waals surface area contributed by atoms with Crippen LogP contribution in [-0.4, -0.2) is 12.1 Å². The zero-order valence-corrected chi connectivity index (χ0v) is 10.1. The monoisotopic (exact) mass is 244 g/mol. The Morgan fingerprint density at radius 2 is 2.38 bits per heavy atom. The minimum Gasteiger partial charge on any atom is -0.458 e. The molecule has 0 aliphatic heterocycles. The van der Waals surface area contributed by atoms with E-state index in [1.807, 2.05) is 6.92 Å². The van der Waals surface area contributed by atoms with Crippen molar-refractivity contribution < 1.29 is 13.9 Å². The first kappa shape index (κ1) is 13.0. The Bertz CT molecular complexity index is 378. The van der Waals surface area contributed by atoms with Crippen LogP contribution in [0.3, 0.4) is 0 Å². The number of hydrogen-bond acceptors (Lipinski definition) is 2. The Morgan fingerprint density at radius 1 is 1.75 bits per heavy atom. The van der Waals surface area contributed by atoms with Crippen LogP contribution < -0.4 is 0 Å². The van der Waals surface area contributed by atoms with Gasteiger partial charge in [-0.15, -0.1) is 6.58 Å². The second kappa shape index (κ2) is 5.30. The van der Waals surface area contributed by atoms with Crippen molar-refractivity contribution in [1.82, 2.24) is 0 Å². The molecule has 1 atom stereocenters. The summed E-state index contributed by atoms with van der Waals surface area (Å²) < 4.78 is 18.2. The van der Waals surface area contributed by atoms with E-state index in [1.54, 1.807) is 6.08 Å². The van der Waals surface area contributed by atoms with Gasteiger partial charge in [-0.2, -0.15) is 4.39 Å². The normalized spacial score (nSPS) is 23.4. The van der Waals surface area contributed by atoms with Crippen LogP contribution >= 0.6 is 11.6 Å². The highest BCUT2D eigenvalue weighted by molar-refractivity contribution is 6.28. The fraction of sp³-hybridized carbons (Fsp3) is 0.417. The Kier molecular flexibility index (Phi) is 4.30. The number of hydrogen-bond donors (Lipinski definition) is 0. The maximum atomic E-state index is 13.1. The maximum absolute atomic E-state index is 13.1. The molecule has 0 aromatic rings. The van der Waals surface area contributed by atoms with E-state index in [4.69, 9.17) is 16.3 Å². The van der Waals surface area contributed by atoms with Crippen LogP contribution in [0.25, 0.3) is 0 Å². The van der Waals surface area contributed by atoms with Crippen LogP contribution in [0, 0.1) is 0 Å². The summed E-state index contributed by atoms with van der Waals surface area (Å²) >= 11 is 5.39. The number of esters is 1. The molecule has 0 saturated carbocycles. The largest absolute Gasteiger partial charge is 0.458 e. The number of carbonyl (C=O) groups is 1. The van der Waals surface area contributed by atoms with Gasteiger partial charge in [-0.05, 0) is 24.5 Å². The Labute approximate surface area is 99.4 Å². The van der Waals surface area contributed by atoms with Crippen LogP contribution in [0.5, 0.6) is 0 Å². The molecular weight excluding hydrogens is 231 g/mol. The lowest BCUT2D eigenvalue weighted by atomic mass is 10.1. The zero-order valence-electron chi connectivity index (χ0n) is 9.35. The molecule has 4 heteroatoms. The van der Waals surface area contributed by atoms with E-state index >= 15 is 0 Å². The standard InChI is InChI=1S/C12H14ClFO2/c1-4-5-9-7(2)11(16-8(3)15)6-10(9)12(13)14/h4,11H,1,5-6H2,2-3H3. The molecule has 0 heterocycles. The summed E-state index contributed by atoms with van der Waals surface area (Å²) in [7, 11) is 0. The molecule has 1 aliphatic rings. The van der Waals surface area contributed by atoms with Gasteiger partial charge in [0.2, 0.25) is 0 Å². The maximum Gasteiger partial charge on any atom is 0.303 e. The van der Waals surface area contributed by atoms with Gasteiger partial charge in [0.05, 0.1) is 0 Å². The molecule has 1 rings (SSSR count). The van der Waals surface area contributed by atoms with Crippen molar-refractivity contribution in [2.45, 2.75) is 32.8 Å². The fourth-order valence-electron chi connectivity index (χ4n) is 1.84. The SMILES string of the molecule is C=CCC1=C(C)C(OC(C)=O)CC1=C(F)Cl. The highest BCUT2D eigenvalue weighted by atomic mass is 35.5. The summed E-state index contributed by atoms with van der Waals surface area (Å²) in [6, 6.07) is 0. The first-order valence-corrected chi connectivity index (χ1v) is 5.37. The van der Waals surface area contributed by atoms with Gasteiger partial charge < -0.3 is 4.74 Å². The van der Waals surface area contributed by atoms with Crippen molar-refractivity contribution in [1.29, 1.82) is 0 Å². The molecular formula is C12H14ClFO2. The molecule has 1 aliphatic carbocycles. The van der Waals surface area contributed by atoms with Gasteiger partial charge >= 0.3 is 5.97 Å². The first-order chi connectivity index (χ1) is 7.47. The summed E-state index contributed by atoms with van der Waals surface area (Å²) in [5.74, 6) is -0.376. The Hall–Kier alpha value is -1.09. The van der Waals surface area contributed by atoms with Crippen LogP contribution in [0.4, 0.5) is 4.39 Å². The van der Waals surface area contributed by atoms with Crippen LogP contribution in [-0.2, 0) is 9.53 Å². The van der Waals surface area contributed by atoms with Crippen molar-refractivity contribution in [3.05, 3.63) is 34.7 Å². The molecule has 0 fully saturated rings. The van der Waals surface area contributed by atoms with Gasteiger partial charge in [0.1, 0.15) is 6.10 Å². The molecule has 0 aromatic heterocycles. The van der Waals surface area contributed by atoms with Crippen molar-refractivity contribution in [2.75, 3.05) is 0 Å². The summed E-state index contributed by atoms with van der Waals surface area (Å²) in [6.07, 6.45) is 2.12. The molecule has 0 bridgehead atoms. The van der Waals surface area contributed by atoms with E-state index in [0.717, 1.165) is 11.1 Å². The quantitative estimate of drug-likeness (QED) is 0.560. The average Bonchev–Trinajstić information content (AvgIpc) is 2.46. The Morgan fingerprint density at radius 3 is 2.81 bits per heavy atom. The molecule has 1 unspecified atom stereocenters. The molecule has 0 N–H and O–H groups in total. The zero-order chi connectivity index (χ0) is 12.3. The predicted octanol–water partition coefficient (Wildman–Crippen LogP) is 3.63. The van der Waals surface area contributed by atoms with Crippen LogP contribution in [0.1, 0.15) is 26.7 Å². The van der Waals surface area contributed by atoms with Gasteiger partial charge in [-0.1, -0.05) is 17.7 Å². The summed E-state index contributed by atoms with van der Waals surface area (Å²) in [4.78, 5) is 10.9. The third-order valence-corrected chi connectivity index (χ3v) is 2.83. The topological polar surface area (TPSA) is 26.3 Å². The van der Waals surface area contributed by atoms with Crippen molar-refractivity contribution in [3.8, 4) is 0 Å². The van der Waals surface area contributed by atoms with Crippen molar-refractivity contribution in [2.24, 2.45) is 0 Å². The van der Waals surface area contributed by atoms with Crippen LogP contribution in [0.15, 0.2) is 34.7 Å². The number of carbonyl (C=O) groups excluding carboxylic acids is 1. The lowest BCUT2D eigenvalue weighted by molar-refractivity contribution is -0.144. The number of halogens is 2. The third-order valence-electron chi connectivity index (χ3n) is 2.60. The third kappa shape index (κ3) is 2.73. The number of allylic oxidation sites excluding steroid dienone is 2. The van der Waals surface area contributed by atoms with E-state index < -0.39 is 11.4 Å². The molecule has 0 spiro atoms. The first-order valence-electron chi connectivity index (χ1n) is 4.99. The lowest BCUT2D eigenvalue weighted by Gasteiger charge is -2.11. The van der Waals surface area contributed by atoms with E-state index in [0.29, 0.717) is 18.4 Å². The number of ether oxygens (including phenoxy) is 1. The molecule has 0 radical (unpaired) electrons. The summed E-state index contributed by atoms with van der Waals surface area (Å²) in [5.41, 5.74) is 2.06. The summed E-state index contributed by atoms with van der Waals surface area (Å²) in [6.45, 7) is 6.76.